The highest BCUT2D eigenvalue weighted by Crippen LogP contribution is 2.27. The van der Waals surface area contributed by atoms with Gasteiger partial charge in [-0.15, -0.1) is 0 Å². The molecule has 224 valence electrons. The molecule has 0 aliphatic heterocycles. The zero-order chi connectivity index (χ0) is 30.1. The van der Waals surface area contributed by atoms with E-state index in [1.54, 1.807) is 61.7 Å². The lowest BCUT2D eigenvalue weighted by atomic mass is 9.95. The molecule has 1 aliphatic rings. The highest BCUT2D eigenvalue weighted by Gasteiger charge is 2.34. The maximum Gasteiger partial charge on any atom is 0.264 e. The zero-order valence-corrected chi connectivity index (χ0v) is 26.4. The number of anilines is 1. The monoisotopic (exact) mass is 655 g/mol. The fourth-order valence-corrected chi connectivity index (χ4v) is 7.09. The Kier molecular flexibility index (Phi) is 11.0. The third-order valence-electron chi connectivity index (χ3n) is 7.56. The van der Waals surface area contributed by atoms with Gasteiger partial charge in [0.05, 0.1) is 17.7 Å². The highest BCUT2D eigenvalue weighted by atomic mass is 79.9. The molecule has 0 bridgehead atoms. The lowest BCUT2D eigenvalue weighted by molar-refractivity contribution is -0.140. The largest absolute Gasteiger partial charge is 0.497 e. The number of carbonyl (C=O) groups excluding carboxylic acids is 2. The van der Waals surface area contributed by atoms with Crippen LogP contribution in [0.2, 0.25) is 0 Å². The molecule has 3 aromatic carbocycles. The highest BCUT2D eigenvalue weighted by molar-refractivity contribution is 9.10. The van der Waals surface area contributed by atoms with E-state index in [0.717, 1.165) is 42.0 Å². The first-order valence-corrected chi connectivity index (χ1v) is 16.5. The number of sulfonamides is 1. The van der Waals surface area contributed by atoms with Gasteiger partial charge < -0.3 is 15.0 Å². The second kappa shape index (κ2) is 14.7. The van der Waals surface area contributed by atoms with Crippen LogP contribution in [0.25, 0.3) is 0 Å². The van der Waals surface area contributed by atoms with Crippen molar-refractivity contribution in [3.8, 4) is 5.75 Å². The molecule has 1 unspecified atom stereocenters. The number of hydrogen-bond donors (Lipinski definition) is 1. The minimum atomic E-state index is -4.11. The van der Waals surface area contributed by atoms with Crippen LogP contribution in [0.1, 0.15) is 51.0 Å². The number of nitrogens with zero attached hydrogens (tertiary/aromatic N) is 2. The summed E-state index contributed by atoms with van der Waals surface area (Å²) in [6.07, 6.45) is 5.50. The van der Waals surface area contributed by atoms with Gasteiger partial charge in [-0.1, -0.05) is 78.5 Å². The van der Waals surface area contributed by atoms with E-state index in [9.17, 15) is 18.0 Å². The number of benzene rings is 3. The summed E-state index contributed by atoms with van der Waals surface area (Å²) in [5, 5.41) is 3.17. The van der Waals surface area contributed by atoms with Gasteiger partial charge in [0.25, 0.3) is 10.0 Å². The normalized spacial score (nSPS) is 14.5. The van der Waals surface area contributed by atoms with Crippen LogP contribution in [0, 0.1) is 0 Å². The lowest BCUT2D eigenvalue weighted by Gasteiger charge is -2.34. The van der Waals surface area contributed by atoms with Gasteiger partial charge in [0, 0.05) is 17.1 Å². The van der Waals surface area contributed by atoms with E-state index >= 15 is 0 Å². The lowest BCUT2D eigenvalue weighted by Crippen LogP contribution is -2.54. The second-order valence-electron chi connectivity index (χ2n) is 10.4. The summed E-state index contributed by atoms with van der Waals surface area (Å²) in [5.41, 5.74) is 1.14. The molecule has 0 spiro atoms. The summed E-state index contributed by atoms with van der Waals surface area (Å²) in [6.45, 7) is 1.53. The molecule has 3 aromatic rings. The van der Waals surface area contributed by atoms with Crippen LogP contribution >= 0.6 is 15.9 Å². The fraction of sp³-hybridized carbons (Fsp3) is 0.375. The van der Waals surface area contributed by atoms with Gasteiger partial charge in [-0.05, 0) is 67.3 Å². The molecule has 0 radical (unpaired) electrons. The summed E-state index contributed by atoms with van der Waals surface area (Å²) < 4.78 is 34.9. The maximum absolute atomic E-state index is 14.2. The molecule has 4 rings (SSSR count). The number of ether oxygens (including phenoxy) is 1. The summed E-state index contributed by atoms with van der Waals surface area (Å²) in [4.78, 5) is 29.4. The summed E-state index contributed by atoms with van der Waals surface area (Å²) >= 11 is 3.43. The predicted molar refractivity (Wildman–Crippen MR) is 168 cm³/mol. The third-order valence-corrected chi connectivity index (χ3v) is 9.84. The topological polar surface area (TPSA) is 96.0 Å². The number of hydrogen-bond acceptors (Lipinski definition) is 5. The molecular weight excluding hydrogens is 618 g/mol. The van der Waals surface area contributed by atoms with E-state index in [4.69, 9.17) is 4.74 Å². The Balaban J connectivity index is 1.69. The van der Waals surface area contributed by atoms with Crippen molar-refractivity contribution in [2.75, 3.05) is 18.0 Å². The summed E-state index contributed by atoms with van der Waals surface area (Å²) in [5.74, 6) is -0.0179. The Labute approximate surface area is 257 Å². The van der Waals surface area contributed by atoms with Crippen molar-refractivity contribution in [3.63, 3.8) is 0 Å². The van der Waals surface area contributed by atoms with Crippen molar-refractivity contribution in [2.24, 2.45) is 0 Å². The summed E-state index contributed by atoms with van der Waals surface area (Å²) in [6, 6.07) is 21.5. The average Bonchev–Trinajstić information content (AvgIpc) is 3.00. The van der Waals surface area contributed by atoms with Crippen LogP contribution in [0.5, 0.6) is 5.75 Å². The molecule has 1 fully saturated rings. The van der Waals surface area contributed by atoms with Crippen molar-refractivity contribution in [3.05, 3.63) is 88.9 Å². The van der Waals surface area contributed by atoms with Gasteiger partial charge in [-0.3, -0.25) is 13.9 Å². The predicted octanol–water partition coefficient (Wildman–Crippen LogP) is 5.91. The van der Waals surface area contributed by atoms with Crippen LogP contribution in [0.4, 0.5) is 5.69 Å². The Morgan fingerprint density at radius 2 is 1.67 bits per heavy atom. The van der Waals surface area contributed by atoms with Gasteiger partial charge >= 0.3 is 0 Å². The second-order valence-corrected chi connectivity index (χ2v) is 13.2. The molecule has 2 amide bonds. The number of rotatable bonds is 12. The van der Waals surface area contributed by atoms with Crippen molar-refractivity contribution < 1.29 is 22.7 Å². The number of carbonyl (C=O) groups is 2. The molecule has 1 saturated carbocycles. The van der Waals surface area contributed by atoms with E-state index in [0.29, 0.717) is 22.3 Å². The quantitative estimate of drug-likeness (QED) is 0.262. The van der Waals surface area contributed by atoms with Gasteiger partial charge in [0.2, 0.25) is 11.8 Å². The smallest absolute Gasteiger partial charge is 0.264 e. The first kappa shape index (κ1) is 31.6. The molecule has 0 aromatic heterocycles. The molecule has 1 N–H and O–H groups in total. The Hall–Kier alpha value is -3.37. The SMILES string of the molecule is CCC(C(=O)NC1CCCCC1)N(Cc1ccc(OC)cc1)C(=O)CN(c1cccc(Br)c1)S(=O)(=O)c1ccccc1. The van der Waals surface area contributed by atoms with E-state index in [1.165, 1.54) is 17.0 Å². The van der Waals surface area contributed by atoms with Crippen LogP contribution in [0.3, 0.4) is 0 Å². The van der Waals surface area contributed by atoms with Gasteiger partial charge in [-0.2, -0.15) is 0 Å². The first-order chi connectivity index (χ1) is 20.2. The summed E-state index contributed by atoms with van der Waals surface area (Å²) in [7, 11) is -2.53. The zero-order valence-electron chi connectivity index (χ0n) is 24.0. The minimum absolute atomic E-state index is 0.0709. The van der Waals surface area contributed by atoms with Crippen molar-refractivity contribution >= 4 is 43.5 Å². The van der Waals surface area contributed by atoms with Crippen molar-refractivity contribution in [2.45, 2.75) is 69.0 Å². The van der Waals surface area contributed by atoms with E-state index in [2.05, 4.69) is 21.2 Å². The van der Waals surface area contributed by atoms with Gasteiger partial charge in [0.1, 0.15) is 18.3 Å². The number of halogens is 1. The van der Waals surface area contributed by atoms with Crippen molar-refractivity contribution in [1.29, 1.82) is 0 Å². The van der Waals surface area contributed by atoms with Crippen molar-refractivity contribution in [1.82, 2.24) is 10.2 Å². The van der Waals surface area contributed by atoms with E-state index < -0.39 is 28.5 Å². The Bertz CT molecular complexity index is 1440. The Morgan fingerprint density at radius 1 is 0.976 bits per heavy atom. The standard InChI is InChI=1S/C32H38BrN3O5S/c1-3-30(32(38)34-26-12-6-4-7-13-26)35(22-24-17-19-28(41-2)20-18-24)31(37)23-36(27-14-10-11-25(33)21-27)42(39,40)29-15-8-5-9-16-29/h5,8-11,14-21,26,30H,3-4,6-7,12-13,22-23H2,1-2H3,(H,34,38). The minimum Gasteiger partial charge on any atom is -0.497 e. The first-order valence-electron chi connectivity index (χ1n) is 14.3. The molecule has 1 aliphatic carbocycles. The van der Waals surface area contributed by atoms with Gasteiger partial charge in [0.15, 0.2) is 0 Å². The van der Waals surface area contributed by atoms with Crippen LogP contribution < -0.4 is 14.4 Å². The molecule has 0 saturated heterocycles. The molecule has 42 heavy (non-hydrogen) atoms. The number of nitrogens with one attached hydrogen (secondary N) is 1. The molecule has 10 heteroatoms. The molecule has 1 atom stereocenters. The number of amides is 2. The van der Waals surface area contributed by atoms with Gasteiger partial charge in [-0.25, -0.2) is 8.42 Å². The average molecular weight is 657 g/mol. The van der Waals surface area contributed by atoms with Crippen LogP contribution in [0.15, 0.2) is 88.2 Å². The third kappa shape index (κ3) is 7.92. The van der Waals surface area contributed by atoms with Crippen LogP contribution in [-0.4, -0.2) is 50.9 Å². The van der Waals surface area contributed by atoms with Crippen LogP contribution in [-0.2, 0) is 26.2 Å². The molecule has 8 nitrogen and oxygen atoms in total. The Morgan fingerprint density at radius 3 is 2.29 bits per heavy atom. The van der Waals surface area contributed by atoms with E-state index in [1.807, 2.05) is 19.1 Å². The maximum atomic E-state index is 14.2. The molecule has 0 heterocycles. The number of methoxy groups -OCH3 is 1. The fourth-order valence-electron chi connectivity index (χ4n) is 5.27. The molecular formula is C32H38BrN3O5S. The van der Waals surface area contributed by atoms with E-state index in [-0.39, 0.29) is 23.4 Å².